The molecule has 0 aliphatic rings. The van der Waals surface area contributed by atoms with E-state index in [1.54, 1.807) is 30.3 Å². The van der Waals surface area contributed by atoms with Gasteiger partial charge in [0.2, 0.25) is 0 Å². The Morgan fingerprint density at radius 2 is 1.92 bits per heavy atom. The number of carbonyl (C=O) groups is 1. The molecule has 1 aromatic heterocycles. The number of para-hydroxylation sites is 1. The van der Waals surface area contributed by atoms with Gasteiger partial charge in [0.15, 0.2) is 0 Å². The highest BCUT2D eigenvalue weighted by Gasteiger charge is 2.11. The summed E-state index contributed by atoms with van der Waals surface area (Å²) < 4.78 is 0. The summed E-state index contributed by atoms with van der Waals surface area (Å²) in [7, 11) is 0. The Hall–Kier alpha value is -3.72. The van der Waals surface area contributed by atoms with Gasteiger partial charge in [0.05, 0.1) is 11.3 Å². The van der Waals surface area contributed by atoms with Crippen LogP contribution < -0.4 is 10.6 Å². The number of nitrogens with zero attached hydrogens (tertiary/aromatic N) is 3. The second kappa shape index (κ2) is 7.23. The van der Waals surface area contributed by atoms with Crippen LogP contribution in [0.1, 0.15) is 21.6 Å². The van der Waals surface area contributed by atoms with Crippen LogP contribution in [0.5, 0.6) is 0 Å². The predicted molar refractivity (Wildman–Crippen MR) is 95.6 cm³/mol. The number of hydrogen-bond acceptors (Lipinski definition) is 5. The maximum absolute atomic E-state index is 12.4. The molecule has 2 N–H and O–H groups in total. The van der Waals surface area contributed by atoms with Crippen molar-refractivity contribution in [1.82, 2.24) is 9.97 Å². The Morgan fingerprint density at radius 1 is 1.08 bits per heavy atom. The van der Waals surface area contributed by atoms with E-state index in [1.165, 1.54) is 6.33 Å². The highest BCUT2D eigenvalue weighted by Crippen LogP contribution is 2.17. The number of carbonyl (C=O) groups excluding carboxylic acids is 1. The van der Waals surface area contributed by atoms with E-state index in [1.807, 2.05) is 37.3 Å². The molecule has 25 heavy (non-hydrogen) atoms. The number of nitriles is 1. The van der Waals surface area contributed by atoms with Crippen molar-refractivity contribution in [2.24, 2.45) is 0 Å². The second-order valence-electron chi connectivity index (χ2n) is 5.39. The molecule has 1 amide bonds. The van der Waals surface area contributed by atoms with Crippen molar-refractivity contribution in [3.8, 4) is 6.07 Å². The molecule has 0 unspecified atom stereocenters. The third-order valence-corrected chi connectivity index (χ3v) is 3.49. The van der Waals surface area contributed by atoms with Crippen LogP contribution in [0.25, 0.3) is 0 Å². The lowest BCUT2D eigenvalue weighted by Gasteiger charge is -2.09. The second-order valence-corrected chi connectivity index (χ2v) is 5.39. The van der Waals surface area contributed by atoms with E-state index in [-0.39, 0.29) is 5.69 Å². The zero-order chi connectivity index (χ0) is 17.6. The van der Waals surface area contributed by atoms with Crippen LogP contribution in [0.4, 0.5) is 17.2 Å². The first-order valence-electron chi connectivity index (χ1n) is 7.62. The number of aromatic nitrogens is 2. The van der Waals surface area contributed by atoms with Crippen molar-refractivity contribution in [2.45, 2.75) is 6.92 Å². The summed E-state index contributed by atoms with van der Waals surface area (Å²) in [5.41, 5.74) is 3.03. The number of aryl methyl sites for hydroxylation is 1. The molecule has 0 aliphatic heterocycles. The molecule has 2 aromatic carbocycles. The van der Waals surface area contributed by atoms with Crippen LogP contribution in [0.2, 0.25) is 0 Å². The molecule has 0 bridgehead atoms. The average molecular weight is 329 g/mol. The minimum Gasteiger partial charge on any atom is -0.340 e. The van der Waals surface area contributed by atoms with E-state index >= 15 is 0 Å². The quantitative estimate of drug-likeness (QED) is 0.762. The largest absolute Gasteiger partial charge is 0.340 e. The van der Waals surface area contributed by atoms with Gasteiger partial charge in [-0.05, 0) is 36.8 Å². The van der Waals surface area contributed by atoms with Gasteiger partial charge in [-0.15, -0.1) is 0 Å². The van der Waals surface area contributed by atoms with Crippen LogP contribution in [0.15, 0.2) is 60.9 Å². The van der Waals surface area contributed by atoms with Crippen molar-refractivity contribution in [1.29, 1.82) is 5.26 Å². The fraction of sp³-hybridized carbons (Fsp3) is 0.0526. The van der Waals surface area contributed by atoms with Gasteiger partial charge in [-0.2, -0.15) is 5.26 Å². The van der Waals surface area contributed by atoms with E-state index in [0.29, 0.717) is 17.1 Å². The first-order valence-corrected chi connectivity index (χ1v) is 7.62. The smallest absolute Gasteiger partial charge is 0.274 e. The molecule has 0 atom stereocenters. The van der Waals surface area contributed by atoms with Crippen LogP contribution in [-0.4, -0.2) is 15.9 Å². The third kappa shape index (κ3) is 3.98. The molecule has 0 aliphatic carbocycles. The van der Waals surface area contributed by atoms with Gasteiger partial charge in [0.1, 0.15) is 23.9 Å². The molecular formula is C19H15N5O. The fourth-order valence-corrected chi connectivity index (χ4v) is 2.30. The third-order valence-electron chi connectivity index (χ3n) is 3.49. The molecule has 3 rings (SSSR count). The normalized spacial score (nSPS) is 9.92. The highest BCUT2D eigenvalue weighted by molar-refractivity contribution is 6.03. The van der Waals surface area contributed by atoms with Gasteiger partial charge in [-0.25, -0.2) is 9.97 Å². The van der Waals surface area contributed by atoms with Crippen molar-refractivity contribution < 1.29 is 4.79 Å². The van der Waals surface area contributed by atoms with Gasteiger partial charge in [0.25, 0.3) is 5.91 Å². The molecule has 0 saturated heterocycles. The lowest BCUT2D eigenvalue weighted by atomic mass is 10.2. The summed E-state index contributed by atoms with van der Waals surface area (Å²) in [5, 5.41) is 14.9. The Morgan fingerprint density at radius 3 is 2.72 bits per heavy atom. The zero-order valence-corrected chi connectivity index (χ0v) is 13.5. The van der Waals surface area contributed by atoms with Crippen LogP contribution >= 0.6 is 0 Å². The maximum atomic E-state index is 12.4. The van der Waals surface area contributed by atoms with Gasteiger partial charge >= 0.3 is 0 Å². The SMILES string of the molecule is Cc1cccc(Nc2cc(C(=O)Nc3ccccc3C#N)ncn2)c1. The molecule has 0 radical (unpaired) electrons. The first-order chi connectivity index (χ1) is 12.2. The van der Waals surface area contributed by atoms with Crippen LogP contribution in [-0.2, 0) is 0 Å². The maximum Gasteiger partial charge on any atom is 0.274 e. The monoisotopic (exact) mass is 329 g/mol. The Kier molecular flexibility index (Phi) is 4.67. The minimum atomic E-state index is -0.405. The highest BCUT2D eigenvalue weighted by atomic mass is 16.1. The summed E-state index contributed by atoms with van der Waals surface area (Å²) in [6.45, 7) is 2.00. The van der Waals surface area contributed by atoms with Crippen LogP contribution in [0, 0.1) is 18.3 Å². The molecule has 0 fully saturated rings. The number of benzene rings is 2. The minimum absolute atomic E-state index is 0.206. The van der Waals surface area contributed by atoms with Gasteiger partial charge < -0.3 is 10.6 Å². The molecule has 6 nitrogen and oxygen atoms in total. The van der Waals surface area contributed by atoms with Crippen LogP contribution in [0.3, 0.4) is 0 Å². The zero-order valence-electron chi connectivity index (χ0n) is 13.5. The van der Waals surface area contributed by atoms with Crippen molar-refractivity contribution >= 4 is 23.1 Å². The number of nitrogens with one attached hydrogen (secondary N) is 2. The molecule has 6 heteroatoms. The molecule has 0 saturated carbocycles. The summed E-state index contributed by atoms with van der Waals surface area (Å²) in [6, 6.07) is 18.2. The number of anilines is 3. The van der Waals surface area contributed by atoms with E-state index in [9.17, 15) is 4.79 Å². The van der Waals surface area contributed by atoms with Gasteiger partial charge in [-0.1, -0.05) is 24.3 Å². The lowest BCUT2D eigenvalue weighted by molar-refractivity contribution is 0.102. The molecular weight excluding hydrogens is 314 g/mol. The predicted octanol–water partition coefficient (Wildman–Crippen LogP) is 3.65. The summed E-state index contributed by atoms with van der Waals surface area (Å²) in [5.74, 6) is 0.108. The summed E-state index contributed by atoms with van der Waals surface area (Å²) >= 11 is 0. The fourth-order valence-electron chi connectivity index (χ4n) is 2.30. The van der Waals surface area contributed by atoms with Gasteiger partial charge in [-0.3, -0.25) is 4.79 Å². The summed E-state index contributed by atoms with van der Waals surface area (Å²) in [6.07, 6.45) is 1.32. The topological polar surface area (TPSA) is 90.7 Å². The lowest BCUT2D eigenvalue weighted by Crippen LogP contribution is -2.15. The van der Waals surface area contributed by atoms with Gasteiger partial charge in [0, 0.05) is 11.8 Å². The summed E-state index contributed by atoms with van der Waals surface area (Å²) in [4.78, 5) is 20.5. The Balaban J connectivity index is 1.79. The first kappa shape index (κ1) is 16.1. The Labute approximate surface area is 145 Å². The van der Waals surface area contributed by atoms with E-state index in [2.05, 4.69) is 20.6 Å². The number of rotatable bonds is 4. The average Bonchev–Trinajstić information content (AvgIpc) is 2.62. The molecule has 122 valence electrons. The molecule has 0 spiro atoms. The molecule has 3 aromatic rings. The Bertz CT molecular complexity index is 962. The molecule has 1 heterocycles. The number of hydrogen-bond donors (Lipinski definition) is 2. The number of amides is 1. The van der Waals surface area contributed by atoms with E-state index < -0.39 is 5.91 Å². The van der Waals surface area contributed by atoms with Crippen molar-refractivity contribution in [2.75, 3.05) is 10.6 Å². The standard InChI is InChI=1S/C19H15N5O/c1-13-5-4-7-15(9-13)23-18-10-17(21-12-22-18)19(25)24-16-8-3-2-6-14(16)11-20/h2-10,12H,1H3,(H,24,25)(H,21,22,23). The van der Waals surface area contributed by atoms with E-state index in [4.69, 9.17) is 5.26 Å². The van der Waals surface area contributed by atoms with Crippen molar-refractivity contribution in [3.63, 3.8) is 0 Å². The van der Waals surface area contributed by atoms with E-state index in [0.717, 1.165) is 11.3 Å². The van der Waals surface area contributed by atoms with Crippen molar-refractivity contribution in [3.05, 3.63) is 77.7 Å².